The van der Waals surface area contributed by atoms with E-state index in [-0.39, 0.29) is 5.79 Å². The molecule has 0 saturated carbocycles. The van der Waals surface area contributed by atoms with E-state index in [9.17, 15) is 0 Å². The Kier molecular flexibility index (Phi) is 1.90. The van der Waals surface area contributed by atoms with Crippen molar-refractivity contribution in [3.8, 4) is 0 Å². The Hall–Kier alpha value is -0.120. The van der Waals surface area contributed by atoms with Crippen molar-refractivity contribution in [2.45, 2.75) is 19.6 Å². The highest BCUT2D eigenvalue weighted by Crippen LogP contribution is 2.39. The summed E-state index contributed by atoms with van der Waals surface area (Å²) in [6, 6.07) is 0. The second-order valence-electron chi connectivity index (χ2n) is 4.18. The van der Waals surface area contributed by atoms with Gasteiger partial charge in [0, 0.05) is 12.5 Å². The molecule has 0 amide bonds. The zero-order valence-corrected chi connectivity index (χ0v) is 8.04. The van der Waals surface area contributed by atoms with Gasteiger partial charge in [-0.2, -0.15) is 0 Å². The number of nitrogens with zero attached hydrogens (tertiary/aromatic N) is 1. The third kappa shape index (κ3) is 1.08. The van der Waals surface area contributed by atoms with E-state index in [0.29, 0.717) is 18.6 Å². The first-order valence-corrected chi connectivity index (χ1v) is 4.60. The Morgan fingerprint density at radius 2 is 2.00 bits per heavy atom. The summed E-state index contributed by atoms with van der Waals surface area (Å²) >= 11 is 0. The normalized spacial score (nSPS) is 41.2. The molecule has 3 heteroatoms. The number of likely N-dealkylation sites (N-methyl/N-ethyl adjacent to an activating group) is 1. The van der Waals surface area contributed by atoms with Crippen LogP contribution < -0.4 is 0 Å². The molecular formula is C9H17NO2. The lowest BCUT2D eigenvalue weighted by Gasteiger charge is -2.53. The van der Waals surface area contributed by atoms with Crippen molar-refractivity contribution in [3.05, 3.63) is 0 Å². The molecule has 0 radical (unpaired) electrons. The summed E-state index contributed by atoms with van der Waals surface area (Å²) in [6.45, 7) is 7.02. The van der Waals surface area contributed by atoms with E-state index in [4.69, 9.17) is 9.47 Å². The van der Waals surface area contributed by atoms with Crippen molar-refractivity contribution in [1.29, 1.82) is 0 Å². The molecule has 1 spiro atoms. The van der Waals surface area contributed by atoms with E-state index in [1.54, 1.807) is 0 Å². The van der Waals surface area contributed by atoms with Crippen LogP contribution in [-0.4, -0.2) is 37.6 Å². The maximum absolute atomic E-state index is 5.55. The first-order chi connectivity index (χ1) is 5.64. The van der Waals surface area contributed by atoms with Gasteiger partial charge in [0.15, 0.2) is 12.6 Å². The van der Waals surface area contributed by atoms with Crippen molar-refractivity contribution >= 4 is 0 Å². The van der Waals surface area contributed by atoms with Crippen LogP contribution in [0.5, 0.6) is 0 Å². The Labute approximate surface area is 73.6 Å². The molecule has 0 aromatic heterocycles. The lowest BCUT2D eigenvalue weighted by Crippen LogP contribution is -2.63. The minimum atomic E-state index is -0.271. The quantitative estimate of drug-likeness (QED) is 0.540. The van der Waals surface area contributed by atoms with Gasteiger partial charge in [0.1, 0.15) is 0 Å². The number of likely N-dealkylation sites (tertiary alicyclic amines) is 1. The van der Waals surface area contributed by atoms with E-state index in [0.717, 1.165) is 13.1 Å². The van der Waals surface area contributed by atoms with Gasteiger partial charge < -0.3 is 14.4 Å². The number of hydrogen-bond donors (Lipinski definition) is 0. The van der Waals surface area contributed by atoms with Crippen LogP contribution in [0.25, 0.3) is 0 Å². The van der Waals surface area contributed by atoms with Gasteiger partial charge in [-0.25, -0.2) is 0 Å². The van der Waals surface area contributed by atoms with E-state index >= 15 is 0 Å². The highest BCUT2D eigenvalue weighted by molar-refractivity contribution is 4.91. The lowest BCUT2D eigenvalue weighted by molar-refractivity contribution is -0.430. The monoisotopic (exact) mass is 171 g/mol. The predicted octanol–water partition coefficient (Wildman–Crippen LogP) is 0.905. The molecule has 2 saturated heterocycles. The summed E-state index contributed by atoms with van der Waals surface area (Å²) in [5.74, 6) is 0.901. The second kappa shape index (κ2) is 2.69. The van der Waals surface area contributed by atoms with E-state index in [2.05, 4.69) is 25.8 Å². The van der Waals surface area contributed by atoms with Crippen molar-refractivity contribution in [2.24, 2.45) is 11.8 Å². The molecule has 2 heterocycles. The summed E-state index contributed by atoms with van der Waals surface area (Å²) < 4.78 is 11.1. The third-order valence-electron chi connectivity index (χ3n) is 3.24. The number of rotatable bonds is 0. The number of hydrogen-bond acceptors (Lipinski definition) is 3. The van der Waals surface area contributed by atoms with Crippen LogP contribution in [0.15, 0.2) is 0 Å². The molecule has 0 bridgehead atoms. The van der Waals surface area contributed by atoms with Gasteiger partial charge in [0.25, 0.3) is 0 Å². The van der Waals surface area contributed by atoms with Crippen molar-refractivity contribution in [2.75, 3.05) is 26.9 Å². The smallest absolute Gasteiger partial charge is 0.189 e. The van der Waals surface area contributed by atoms with Crippen LogP contribution in [0.3, 0.4) is 0 Å². The fraction of sp³-hybridized carbons (Fsp3) is 1.00. The van der Waals surface area contributed by atoms with Crippen LogP contribution in [0.4, 0.5) is 0 Å². The fourth-order valence-corrected chi connectivity index (χ4v) is 2.23. The van der Waals surface area contributed by atoms with Gasteiger partial charge in [-0.3, -0.25) is 0 Å². The zero-order chi connectivity index (χ0) is 8.77. The van der Waals surface area contributed by atoms with Gasteiger partial charge in [-0.05, 0) is 13.0 Å². The van der Waals surface area contributed by atoms with Crippen LogP contribution in [-0.2, 0) is 9.47 Å². The molecule has 0 aromatic carbocycles. The molecule has 0 aliphatic carbocycles. The molecule has 2 atom stereocenters. The van der Waals surface area contributed by atoms with Crippen LogP contribution in [0, 0.1) is 11.8 Å². The second-order valence-corrected chi connectivity index (χ2v) is 4.18. The molecule has 2 rings (SSSR count). The van der Waals surface area contributed by atoms with Crippen molar-refractivity contribution in [1.82, 2.24) is 4.90 Å². The van der Waals surface area contributed by atoms with Gasteiger partial charge in [-0.1, -0.05) is 13.8 Å². The molecule has 3 nitrogen and oxygen atoms in total. The number of piperidine rings is 1. The van der Waals surface area contributed by atoms with Gasteiger partial charge in [0.2, 0.25) is 0 Å². The van der Waals surface area contributed by atoms with Crippen LogP contribution in [0.1, 0.15) is 13.8 Å². The molecule has 2 aliphatic rings. The Bertz CT molecular complexity index is 179. The SMILES string of the molecule is CC1CN(C)CC2(OCO2)C1C. The number of ether oxygens (including phenoxy) is 2. The minimum Gasteiger partial charge on any atom is -0.322 e. The highest BCUT2D eigenvalue weighted by Gasteiger charge is 2.50. The average Bonchev–Trinajstić information content (AvgIpc) is 1.93. The van der Waals surface area contributed by atoms with Gasteiger partial charge >= 0.3 is 0 Å². The zero-order valence-electron chi connectivity index (χ0n) is 8.04. The molecule has 0 aromatic rings. The maximum Gasteiger partial charge on any atom is 0.189 e. The maximum atomic E-state index is 5.55. The van der Waals surface area contributed by atoms with E-state index < -0.39 is 0 Å². The summed E-state index contributed by atoms with van der Waals surface area (Å²) in [7, 11) is 2.12. The lowest BCUT2D eigenvalue weighted by atomic mass is 9.83. The Morgan fingerprint density at radius 3 is 2.50 bits per heavy atom. The van der Waals surface area contributed by atoms with Gasteiger partial charge in [-0.15, -0.1) is 0 Å². The molecule has 2 unspecified atom stereocenters. The third-order valence-corrected chi connectivity index (χ3v) is 3.24. The average molecular weight is 171 g/mol. The van der Waals surface area contributed by atoms with Gasteiger partial charge in [0.05, 0.1) is 6.54 Å². The van der Waals surface area contributed by atoms with Crippen LogP contribution >= 0.6 is 0 Å². The van der Waals surface area contributed by atoms with Crippen molar-refractivity contribution in [3.63, 3.8) is 0 Å². The van der Waals surface area contributed by atoms with E-state index in [1.165, 1.54) is 0 Å². The molecule has 12 heavy (non-hydrogen) atoms. The summed E-state index contributed by atoms with van der Waals surface area (Å²) in [5.41, 5.74) is 0. The standard InChI is InChI=1S/C9H17NO2/c1-7-4-10(3)5-9(8(7)2)11-6-12-9/h7-8H,4-6H2,1-3H3. The molecule has 2 aliphatic heterocycles. The first kappa shape index (κ1) is 8.48. The topological polar surface area (TPSA) is 21.7 Å². The summed E-state index contributed by atoms with van der Waals surface area (Å²) in [6.07, 6.45) is 0. The highest BCUT2D eigenvalue weighted by atomic mass is 16.9. The molecule has 2 fully saturated rings. The van der Waals surface area contributed by atoms with E-state index in [1.807, 2.05) is 0 Å². The first-order valence-electron chi connectivity index (χ1n) is 4.60. The Balaban J connectivity index is 2.11. The predicted molar refractivity (Wildman–Crippen MR) is 45.6 cm³/mol. The fourth-order valence-electron chi connectivity index (χ4n) is 2.23. The minimum absolute atomic E-state index is 0.271. The Morgan fingerprint density at radius 1 is 1.33 bits per heavy atom. The van der Waals surface area contributed by atoms with Crippen LogP contribution in [0.2, 0.25) is 0 Å². The molecule has 0 N–H and O–H groups in total. The van der Waals surface area contributed by atoms with Crippen molar-refractivity contribution < 1.29 is 9.47 Å². The largest absolute Gasteiger partial charge is 0.322 e. The summed E-state index contributed by atoms with van der Waals surface area (Å²) in [5, 5.41) is 0. The molecule has 70 valence electrons. The molecular weight excluding hydrogens is 154 g/mol. The summed E-state index contributed by atoms with van der Waals surface area (Å²) in [4.78, 5) is 2.28.